The summed E-state index contributed by atoms with van der Waals surface area (Å²) in [6, 6.07) is 0. The van der Waals surface area contributed by atoms with Crippen molar-refractivity contribution < 1.29 is 19.1 Å². The Morgan fingerprint density at radius 1 is 1.25 bits per heavy atom. The van der Waals surface area contributed by atoms with Crippen molar-refractivity contribution in [2.45, 2.75) is 33.1 Å². The molecule has 0 spiro atoms. The predicted molar refractivity (Wildman–Crippen MR) is 54.9 cm³/mol. The maximum absolute atomic E-state index is 11.7. The molecule has 1 aliphatic carbocycles. The van der Waals surface area contributed by atoms with E-state index in [1.54, 1.807) is 6.92 Å². The van der Waals surface area contributed by atoms with E-state index in [0.717, 1.165) is 6.42 Å². The van der Waals surface area contributed by atoms with E-state index in [-0.39, 0.29) is 12.5 Å². The molecule has 0 radical (unpaired) electrons. The number of amides is 2. The lowest BCUT2D eigenvalue weighted by atomic mass is 9.68. The minimum Gasteiger partial charge on any atom is -0.465 e. The minimum absolute atomic E-state index is 0.244. The van der Waals surface area contributed by atoms with E-state index >= 15 is 0 Å². The summed E-state index contributed by atoms with van der Waals surface area (Å²) in [5, 5.41) is 0. The molecule has 1 saturated carbocycles. The molecular weight excluding hydrogens is 212 g/mol. The zero-order valence-corrected chi connectivity index (χ0v) is 9.46. The van der Waals surface area contributed by atoms with Crippen molar-refractivity contribution in [1.82, 2.24) is 10.9 Å². The molecule has 1 aliphatic rings. The molecule has 0 atom stereocenters. The first kappa shape index (κ1) is 12.5. The Balaban J connectivity index is 2.61. The van der Waals surface area contributed by atoms with Gasteiger partial charge in [-0.3, -0.25) is 25.2 Å². The van der Waals surface area contributed by atoms with Gasteiger partial charge in [0.15, 0.2) is 0 Å². The lowest BCUT2D eigenvalue weighted by Gasteiger charge is -2.37. The number of esters is 1. The van der Waals surface area contributed by atoms with Crippen molar-refractivity contribution in [1.29, 1.82) is 0 Å². The van der Waals surface area contributed by atoms with E-state index in [1.807, 2.05) is 0 Å². The molecular formula is C10H16N2O4. The molecule has 0 aromatic heterocycles. The minimum atomic E-state index is -1.10. The number of carbonyl (C=O) groups excluding carboxylic acids is 3. The van der Waals surface area contributed by atoms with Crippen molar-refractivity contribution in [3.8, 4) is 0 Å². The molecule has 2 N–H and O–H groups in total. The highest BCUT2D eigenvalue weighted by atomic mass is 16.5. The Kier molecular flexibility index (Phi) is 3.87. The molecule has 16 heavy (non-hydrogen) atoms. The molecule has 0 heterocycles. The lowest BCUT2D eigenvalue weighted by Crippen LogP contribution is -2.55. The van der Waals surface area contributed by atoms with Crippen LogP contribution < -0.4 is 10.9 Å². The van der Waals surface area contributed by atoms with Crippen molar-refractivity contribution in [2.75, 3.05) is 6.61 Å². The Morgan fingerprint density at radius 2 is 1.88 bits per heavy atom. The fourth-order valence-corrected chi connectivity index (χ4v) is 1.59. The first-order valence-corrected chi connectivity index (χ1v) is 5.27. The SMILES string of the molecule is CCOC(=O)C1(C(=O)NNC(C)=O)CCC1. The van der Waals surface area contributed by atoms with Gasteiger partial charge in [0.2, 0.25) is 5.91 Å². The highest BCUT2D eigenvalue weighted by Crippen LogP contribution is 2.42. The van der Waals surface area contributed by atoms with Gasteiger partial charge >= 0.3 is 5.97 Å². The number of ether oxygens (including phenoxy) is 1. The molecule has 90 valence electrons. The number of rotatable bonds is 3. The number of hydrogen-bond acceptors (Lipinski definition) is 4. The molecule has 0 aromatic carbocycles. The van der Waals surface area contributed by atoms with Crippen molar-refractivity contribution >= 4 is 17.8 Å². The topological polar surface area (TPSA) is 84.5 Å². The predicted octanol–water partition coefficient (Wildman–Crippen LogP) is -0.113. The number of hydrazine groups is 1. The Morgan fingerprint density at radius 3 is 2.25 bits per heavy atom. The largest absolute Gasteiger partial charge is 0.465 e. The number of nitrogens with one attached hydrogen (secondary N) is 2. The quantitative estimate of drug-likeness (QED) is 0.401. The van der Waals surface area contributed by atoms with Gasteiger partial charge in [0.05, 0.1) is 6.61 Å². The molecule has 6 heteroatoms. The smallest absolute Gasteiger partial charge is 0.321 e. The summed E-state index contributed by atoms with van der Waals surface area (Å²) >= 11 is 0. The van der Waals surface area contributed by atoms with Crippen molar-refractivity contribution in [2.24, 2.45) is 5.41 Å². The second kappa shape index (κ2) is 4.96. The molecule has 0 saturated heterocycles. The van der Waals surface area contributed by atoms with Crippen molar-refractivity contribution in [3.05, 3.63) is 0 Å². The maximum Gasteiger partial charge on any atom is 0.321 e. The highest BCUT2D eigenvalue weighted by molar-refractivity contribution is 6.04. The van der Waals surface area contributed by atoms with Crippen LogP contribution in [0.25, 0.3) is 0 Å². The third-order valence-corrected chi connectivity index (χ3v) is 2.66. The van der Waals surface area contributed by atoms with Crippen LogP contribution in [0, 0.1) is 5.41 Å². The van der Waals surface area contributed by atoms with Crippen LogP contribution >= 0.6 is 0 Å². The van der Waals surface area contributed by atoms with E-state index < -0.39 is 17.3 Å². The molecule has 6 nitrogen and oxygen atoms in total. The van der Waals surface area contributed by atoms with Crippen LogP contribution in [-0.2, 0) is 19.1 Å². The average Bonchev–Trinajstić information content (AvgIpc) is 2.13. The fourth-order valence-electron chi connectivity index (χ4n) is 1.59. The molecule has 1 fully saturated rings. The van der Waals surface area contributed by atoms with Gasteiger partial charge in [-0.25, -0.2) is 0 Å². The molecule has 1 rings (SSSR count). The van der Waals surface area contributed by atoms with Crippen LogP contribution in [0.5, 0.6) is 0 Å². The Labute approximate surface area is 93.7 Å². The van der Waals surface area contributed by atoms with Crippen LogP contribution in [-0.4, -0.2) is 24.4 Å². The van der Waals surface area contributed by atoms with Gasteiger partial charge in [0.25, 0.3) is 5.91 Å². The van der Waals surface area contributed by atoms with Gasteiger partial charge < -0.3 is 4.74 Å². The summed E-state index contributed by atoms with van der Waals surface area (Å²) in [4.78, 5) is 34.0. The maximum atomic E-state index is 11.7. The standard InChI is InChI=1S/C10H16N2O4/c1-3-16-9(15)10(5-4-6-10)8(14)12-11-7(2)13/h3-6H2,1-2H3,(H,11,13)(H,12,14). The monoisotopic (exact) mass is 228 g/mol. The number of hydrogen-bond donors (Lipinski definition) is 2. The van der Waals surface area contributed by atoms with Gasteiger partial charge in [-0.05, 0) is 19.8 Å². The third-order valence-electron chi connectivity index (χ3n) is 2.66. The Bertz CT molecular complexity index is 310. The van der Waals surface area contributed by atoms with E-state index in [9.17, 15) is 14.4 Å². The van der Waals surface area contributed by atoms with Gasteiger partial charge in [0.1, 0.15) is 5.41 Å². The highest BCUT2D eigenvalue weighted by Gasteiger charge is 2.52. The van der Waals surface area contributed by atoms with E-state index in [4.69, 9.17) is 4.74 Å². The first-order chi connectivity index (χ1) is 7.53. The first-order valence-electron chi connectivity index (χ1n) is 5.27. The van der Waals surface area contributed by atoms with Gasteiger partial charge in [-0.15, -0.1) is 0 Å². The lowest BCUT2D eigenvalue weighted by molar-refractivity contribution is -0.168. The molecule has 0 aromatic rings. The van der Waals surface area contributed by atoms with Crippen LogP contribution in [0.1, 0.15) is 33.1 Å². The van der Waals surface area contributed by atoms with Gasteiger partial charge in [-0.2, -0.15) is 0 Å². The third kappa shape index (κ3) is 2.32. The number of carbonyl (C=O) groups is 3. The van der Waals surface area contributed by atoms with Crippen LogP contribution in [0.15, 0.2) is 0 Å². The molecule has 0 bridgehead atoms. The second-order valence-corrected chi connectivity index (χ2v) is 3.79. The summed E-state index contributed by atoms with van der Waals surface area (Å²) in [6.45, 7) is 3.21. The zero-order valence-electron chi connectivity index (χ0n) is 9.46. The van der Waals surface area contributed by atoms with Crippen LogP contribution in [0.2, 0.25) is 0 Å². The normalized spacial score (nSPS) is 16.9. The van der Waals surface area contributed by atoms with Gasteiger partial charge in [0, 0.05) is 6.92 Å². The second-order valence-electron chi connectivity index (χ2n) is 3.79. The van der Waals surface area contributed by atoms with Crippen molar-refractivity contribution in [3.63, 3.8) is 0 Å². The summed E-state index contributed by atoms with van der Waals surface area (Å²) < 4.78 is 4.86. The molecule has 0 unspecified atom stereocenters. The average molecular weight is 228 g/mol. The summed E-state index contributed by atoms with van der Waals surface area (Å²) in [7, 11) is 0. The van der Waals surface area contributed by atoms with Crippen LogP contribution in [0.3, 0.4) is 0 Å². The molecule has 0 aliphatic heterocycles. The van der Waals surface area contributed by atoms with Gasteiger partial charge in [-0.1, -0.05) is 6.42 Å². The zero-order chi connectivity index (χ0) is 12.2. The molecule has 2 amide bonds. The van der Waals surface area contributed by atoms with E-state index in [1.165, 1.54) is 6.92 Å². The fraction of sp³-hybridized carbons (Fsp3) is 0.700. The van der Waals surface area contributed by atoms with Crippen LogP contribution in [0.4, 0.5) is 0 Å². The summed E-state index contributed by atoms with van der Waals surface area (Å²) in [6.07, 6.45) is 1.75. The summed E-state index contributed by atoms with van der Waals surface area (Å²) in [5.74, 6) is -1.39. The van der Waals surface area contributed by atoms with E-state index in [2.05, 4.69) is 10.9 Å². The Hall–Kier alpha value is -1.59. The summed E-state index contributed by atoms with van der Waals surface area (Å²) in [5.41, 5.74) is 3.30. The van der Waals surface area contributed by atoms with E-state index in [0.29, 0.717) is 12.8 Å².